The molecule has 0 atom stereocenters. The number of carbonyl (C=O) groups is 1. The van der Waals surface area contributed by atoms with Crippen molar-refractivity contribution in [3.05, 3.63) is 70.5 Å². The molecule has 2 aromatic rings. The Morgan fingerprint density at radius 2 is 1.76 bits per heavy atom. The fourth-order valence-corrected chi connectivity index (χ4v) is 1.80. The van der Waals surface area contributed by atoms with Crippen molar-refractivity contribution in [1.82, 2.24) is 5.32 Å². The van der Waals surface area contributed by atoms with Gasteiger partial charge in [-0.25, -0.2) is 4.39 Å². The second kappa shape index (κ2) is 7.47. The largest absolute Gasteiger partial charge is 0.345 e. The molecule has 1 amide bonds. The molecule has 1 N–H and O–H groups in total. The minimum absolute atomic E-state index is 0.326. The van der Waals surface area contributed by atoms with Crippen molar-refractivity contribution in [3.63, 3.8) is 0 Å². The maximum atomic E-state index is 12.7. The maximum absolute atomic E-state index is 12.7. The quantitative estimate of drug-likeness (QED) is 0.867. The number of halogens is 2. The summed E-state index contributed by atoms with van der Waals surface area (Å²) in [6.45, 7) is 0.499. The average molecular weight is 302 g/mol. The number of carbonyl (C=O) groups excluding carboxylic acids is 1. The zero-order valence-electron chi connectivity index (χ0n) is 11.2. The molecule has 0 fully saturated rings. The third-order valence-electron chi connectivity index (χ3n) is 2.78. The van der Waals surface area contributed by atoms with E-state index in [1.165, 1.54) is 24.3 Å². The fraction of sp³-hybridized carbons (Fsp3) is 0.118. The number of hydrogen-bond donors (Lipinski definition) is 1. The molecule has 0 aliphatic carbocycles. The lowest BCUT2D eigenvalue weighted by molar-refractivity contribution is -0.115. The first-order valence-corrected chi connectivity index (χ1v) is 6.81. The van der Waals surface area contributed by atoms with Gasteiger partial charge >= 0.3 is 0 Å². The number of rotatable bonds is 3. The van der Waals surface area contributed by atoms with E-state index in [1.54, 1.807) is 0 Å². The van der Waals surface area contributed by atoms with Gasteiger partial charge in [-0.3, -0.25) is 4.79 Å². The minimum atomic E-state index is -0.353. The molecule has 0 radical (unpaired) electrons. The van der Waals surface area contributed by atoms with Crippen LogP contribution >= 0.6 is 11.6 Å². The Morgan fingerprint density at radius 1 is 1.10 bits per heavy atom. The maximum Gasteiger partial charge on any atom is 0.296 e. The number of nitrogens with one attached hydrogen (secondary N) is 1. The van der Waals surface area contributed by atoms with Crippen LogP contribution in [0.1, 0.15) is 11.1 Å². The van der Waals surface area contributed by atoms with Crippen molar-refractivity contribution in [2.75, 3.05) is 6.54 Å². The molecule has 0 spiro atoms. The fourth-order valence-electron chi connectivity index (χ4n) is 1.68. The molecule has 0 aliphatic heterocycles. The summed E-state index contributed by atoms with van der Waals surface area (Å²) in [7, 11) is 0. The van der Waals surface area contributed by atoms with Gasteiger partial charge < -0.3 is 5.32 Å². The summed E-state index contributed by atoms with van der Waals surface area (Å²) in [6, 6.07) is 13.1. The Hall–Kier alpha value is -2.31. The summed E-state index contributed by atoms with van der Waals surface area (Å²) in [5.74, 6) is 4.47. The van der Waals surface area contributed by atoms with Gasteiger partial charge in [0.05, 0.1) is 0 Å². The van der Waals surface area contributed by atoms with E-state index >= 15 is 0 Å². The summed E-state index contributed by atoms with van der Waals surface area (Å²) in [5.41, 5.74) is 1.69. The highest BCUT2D eigenvalue weighted by molar-refractivity contribution is 6.30. The lowest BCUT2D eigenvalue weighted by Gasteiger charge is -2.01. The van der Waals surface area contributed by atoms with Crippen LogP contribution in [0.15, 0.2) is 48.5 Å². The predicted octanol–water partition coefficient (Wildman–Crippen LogP) is 3.19. The van der Waals surface area contributed by atoms with E-state index < -0.39 is 0 Å². The Balaban J connectivity index is 1.80. The Kier molecular flexibility index (Phi) is 5.36. The van der Waals surface area contributed by atoms with E-state index in [0.717, 1.165) is 5.56 Å². The van der Waals surface area contributed by atoms with Gasteiger partial charge in [-0.05, 0) is 48.4 Å². The number of amides is 1. The van der Waals surface area contributed by atoms with E-state index in [4.69, 9.17) is 11.6 Å². The molecular weight excluding hydrogens is 289 g/mol. The van der Waals surface area contributed by atoms with Crippen molar-refractivity contribution >= 4 is 17.5 Å². The van der Waals surface area contributed by atoms with Crippen molar-refractivity contribution in [1.29, 1.82) is 0 Å². The lowest BCUT2D eigenvalue weighted by Crippen LogP contribution is -2.23. The first-order chi connectivity index (χ1) is 10.1. The molecule has 2 rings (SSSR count). The zero-order chi connectivity index (χ0) is 15.1. The average Bonchev–Trinajstić information content (AvgIpc) is 2.49. The van der Waals surface area contributed by atoms with Gasteiger partial charge in [0.1, 0.15) is 5.82 Å². The van der Waals surface area contributed by atoms with Gasteiger partial charge in [-0.1, -0.05) is 29.7 Å². The highest BCUT2D eigenvalue weighted by Gasteiger charge is 1.97. The second-order valence-corrected chi connectivity index (χ2v) is 4.83. The smallest absolute Gasteiger partial charge is 0.296 e. The van der Waals surface area contributed by atoms with E-state index in [9.17, 15) is 9.18 Å². The molecule has 0 heterocycles. The highest BCUT2D eigenvalue weighted by Crippen LogP contribution is 2.09. The summed E-state index contributed by atoms with van der Waals surface area (Å²) >= 11 is 5.79. The zero-order valence-corrected chi connectivity index (χ0v) is 12.0. The van der Waals surface area contributed by atoms with Crippen LogP contribution in [0.3, 0.4) is 0 Å². The van der Waals surface area contributed by atoms with Gasteiger partial charge in [0.2, 0.25) is 0 Å². The standard InChI is InChI=1S/C17H13ClFNO/c18-15-6-1-14(2-7-15)11-12-20-17(21)10-5-13-3-8-16(19)9-4-13/h1-4,6-9H,11-12H2,(H,20,21). The van der Waals surface area contributed by atoms with Crippen LogP contribution in [0.4, 0.5) is 4.39 Å². The van der Waals surface area contributed by atoms with Crippen LogP contribution < -0.4 is 5.32 Å². The molecule has 0 saturated heterocycles. The van der Waals surface area contributed by atoms with Crippen LogP contribution in [0, 0.1) is 17.7 Å². The monoisotopic (exact) mass is 301 g/mol. The van der Waals surface area contributed by atoms with Crippen LogP contribution in [-0.2, 0) is 11.2 Å². The van der Waals surface area contributed by atoms with Gasteiger partial charge in [0.15, 0.2) is 0 Å². The lowest BCUT2D eigenvalue weighted by atomic mass is 10.1. The Morgan fingerprint density at radius 3 is 2.43 bits per heavy atom. The Labute approximate surface area is 127 Å². The molecule has 106 valence electrons. The summed E-state index contributed by atoms with van der Waals surface area (Å²) in [5, 5.41) is 3.40. The molecule has 0 unspecified atom stereocenters. The first-order valence-electron chi connectivity index (χ1n) is 6.43. The summed E-state index contributed by atoms with van der Waals surface area (Å²) in [4.78, 5) is 11.5. The molecular formula is C17H13ClFNO. The van der Waals surface area contributed by atoms with Gasteiger partial charge in [-0.15, -0.1) is 0 Å². The summed E-state index contributed by atoms with van der Waals surface area (Å²) < 4.78 is 12.7. The van der Waals surface area contributed by atoms with Crippen LogP contribution in [-0.4, -0.2) is 12.5 Å². The molecule has 21 heavy (non-hydrogen) atoms. The highest BCUT2D eigenvalue weighted by atomic mass is 35.5. The number of benzene rings is 2. The topological polar surface area (TPSA) is 29.1 Å². The Bertz CT molecular complexity index is 669. The third kappa shape index (κ3) is 5.29. The van der Waals surface area contributed by atoms with Gasteiger partial charge in [-0.2, -0.15) is 0 Å². The van der Waals surface area contributed by atoms with Gasteiger partial charge in [0, 0.05) is 23.1 Å². The minimum Gasteiger partial charge on any atom is -0.345 e. The molecule has 4 heteroatoms. The van der Waals surface area contributed by atoms with E-state index in [-0.39, 0.29) is 11.7 Å². The molecule has 0 aromatic heterocycles. The van der Waals surface area contributed by atoms with E-state index in [2.05, 4.69) is 17.2 Å². The predicted molar refractivity (Wildman–Crippen MR) is 81.4 cm³/mol. The third-order valence-corrected chi connectivity index (χ3v) is 3.03. The molecule has 2 nitrogen and oxygen atoms in total. The molecule has 2 aromatic carbocycles. The summed E-state index contributed by atoms with van der Waals surface area (Å²) in [6.07, 6.45) is 0.709. The van der Waals surface area contributed by atoms with Crippen LogP contribution in [0.25, 0.3) is 0 Å². The van der Waals surface area contributed by atoms with Crippen molar-refractivity contribution in [2.24, 2.45) is 0 Å². The molecule has 0 bridgehead atoms. The number of hydrogen-bond acceptors (Lipinski definition) is 1. The van der Waals surface area contributed by atoms with E-state index in [1.807, 2.05) is 24.3 Å². The van der Waals surface area contributed by atoms with Crippen molar-refractivity contribution in [2.45, 2.75) is 6.42 Å². The van der Waals surface area contributed by atoms with Gasteiger partial charge in [0.25, 0.3) is 5.91 Å². The van der Waals surface area contributed by atoms with Crippen molar-refractivity contribution < 1.29 is 9.18 Å². The van der Waals surface area contributed by atoms with E-state index in [0.29, 0.717) is 23.6 Å². The van der Waals surface area contributed by atoms with Crippen molar-refractivity contribution in [3.8, 4) is 11.8 Å². The van der Waals surface area contributed by atoms with Crippen LogP contribution in [0.2, 0.25) is 5.02 Å². The molecule has 0 aliphatic rings. The van der Waals surface area contributed by atoms with Crippen LogP contribution in [0.5, 0.6) is 0 Å². The molecule has 0 saturated carbocycles. The second-order valence-electron chi connectivity index (χ2n) is 4.39. The normalized spacial score (nSPS) is 9.62. The SMILES string of the molecule is O=C(C#Cc1ccc(F)cc1)NCCc1ccc(Cl)cc1. The first kappa shape index (κ1) is 15.1.